The monoisotopic (exact) mass is 662 g/mol. The van der Waals surface area contributed by atoms with E-state index >= 15 is 0 Å². The number of furan rings is 1. The quantitative estimate of drug-likeness (QED) is 0.172. The maximum absolute atomic E-state index is 6.62. The highest BCUT2D eigenvalue weighted by Crippen LogP contribution is 2.57. The van der Waals surface area contributed by atoms with E-state index in [1.807, 2.05) is 0 Å². The van der Waals surface area contributed by atoms with E-state index in [-0.39, 0.29) is 5.41 Å². The van der Waals surface area contributed by atoms with Gasteiger partial charge in [0.2, 0.25) is 0 Å². The van der Waals surface area contributed by atoms with Gasteiger partial charge in [0.05, 0.1) is 0 Å². The normalized spacial score (nSPS) is 13.3. The fraction of sp³-hybridized carbons (Fsp3) is 0.0588. The van der Waals surface area contributed by atoms with Gasteiger partial charge in [0, 0.05) is 21.6 Å². The van der Waals surface area contributed by atoms with Crippen LogP contribution in [-0.2, 0) is 5.41 Å². The van der Waals surface area contributed by atoms with Gasteiger partial charge in [-0.3, -0.25) is 0 Å². The van der Waals surface area contributed by atoms with Crippen LogP contribution in [0.4, 0.5) is 0 Å². The molecular weight excluding hydrogens is 629 g/mol. The second-order valence-electron chi connectivity index (χ2n) is 14.8. The van der Waals surface area contributed by atoms with Crippen molar-refractivity contribution in [3.05, 3.63) is 181 Å². The van der Waals surface area contributed by atoms with Gasteiger partial charge >= 0.3 is 0 Å². The van der Waals surface area contributed by atoms with Gasteiger partial charge in [0.25, 0.3) is 0 Å². The van der Waals surface area contributed by atoms with Crippen LogP contribution in [0.25, 0.3) is 98.8 Å². The third-order valence-corrected chi connectivity index (χ3v) is 11.6. The van der Waals surface area contributed by atoms with Crippen LogP contribution in [0.2, 0.25) is 0 Å². The molecule has 0 atom stereocenters. The van der Waals surface area contributed by atoms with Gasteiger partial charge in [-0.05, 0) is 101 Å². The van der Waals surface area contributed by atoms with Crippen molar-refractivity contribution >= 4 is 54.3 Å². The Bertz CT molecular complexity index is 3030. The number of para-hydroxylation sites is 1. The second-order valence-corrected chi connectivity index (χ2v) is 14.8. The first-order valence-electron chi connectivity index (χ1n) is 18.2. The average molecular weight is 663 g/mol. The molecule has 0 saturated carbocycles. The number of hydrogen-bond donors (Lipinski definition) is 0. The summed E-state index contributed by atoms with van der Waals surface area (Å²) in [6.45, 7) is 4.76. The van der Waals surface area contributed by atoms with E-state index in [0.717, 1.165) is 11.2 Å². The first-order valence-corrected chi connectivity index (χ1v) is 18.2. The Morgan fingerprint density at radius 3 is 1.56 bits per heavy atom. The molecular formula is C51H34O. The summed E-state index contributed by atoms with van der Waals surface area (Å²) in [5, 5.41) is 9.93. The summed E-state index contributed by atoms with van der Waals surface area (Å²) >= 11 is 0. The molecule has 0 saturated heterocycles. The largest absolute Gasteiger partial charge is 0.455 e. The zero-order chi connectivity index (χ0) is 34.6. The molecule has 0 fully saturated rings. The summed E-state index contributed by atoms with van der Waals surface area (Å²) in [5.74, 6) is 0. The van der Waals surface area contributed by atoms with Gasteiger partial charge in [-0.15, -0.1) is 0 Å². The second kappa shape index (κ2) is 10.8. The van der Waals surface area contributed by atoms with Crippen LogP contribution in [0.5, 0.6) is 0 Å². The van der Waals surface area contributed by atoms with Gasteiger partial charge in [-0.25, -0.2) is 0 Å². The minimum atomic E-state index is -0.196. The molecule has 244 valence electrons. The van der Waals surface area contributed by atoms with Crippen LogP contribution < -0.4 is 0 Å². The molecule has 9 aromatic carbocycles. The molecule has 0 unspecified atom stereocenters. The summed E-state index contributed by atoms with van der Waals surface area (Å²) in [7, 11) is 0. The Kier molecular flexibility index (Phi) is 6.08. The molecule has 0 radical (unpaired) electrons. The highest BCUT2D eigenvalue weighted by atomic mass is 16.3. The maximum Gasteiger partial charge on any atom is 0.143 e. The van der Waals surface area contributed by atoms with Crippen molar-refractivity contribution in [1.29, 1.82) is 0 Å². The number of fused-ring (bicyclic) bond motifs is 12. The van der Waals surface area contributed by atoms with Crippen molar-refractivity contribution in [2.45, 2.75) is 19.3 Å². The molecule has 10 aromatic rings. The lowest BCUT2D eigenvalue weighted by atomic mass is 9.79. The molecule has 0 N–H and O–H groups in total. The van der Waals surface area contributed by atoms with Crippen LogP contribution in [0.1, 0.15) is 25.0 Å². The summed E-state index contributed by atoms with van der Waals surface area (Å²) in [5.41, 5.74) is 14.6. The van der Waals surface area contributed by atoms with Crippen molar-refractivity contribution in [1.82, 2.24) is 0 Å². The molecule has 1 aliphatic carbocycles. The fourth-order valence-electron chi connectivity index (χ4n) is 9.37. The molecule has 1 nitrogen and oxygen atoms in total. The van der Waals surface area contributed by atoms with E-state index in [2.05, 4.69) is 184 Å². The Morgan fingerprint density at radius 2 is 0.885 bits per heavy atom. The third kappa shape index (κ3) is 3.99. The van der Waals surface area contributed by atoms with Crippen LogP contribution >= 0.6 is 0 Å². The van der Waals surface area contributed by atoms with Crippen LogP contribution in [0, 0.1) is 0 Å². The molecule has 1 aromatic heterocycles. The summed E-state index contributed by atoms with van der Waals surface area (Å²) in [6.07, 6.45) is 0. The average Bonchev–Trinajstić information content (AvgIpc) is 3.69. The zero-order valence-corrected chi connectivity index (χ0v) is 29.1. The van der Waals surface area contributed by atoms with Gasteiger partial charge in [-0.2, -0.15) is 0 Å². The molecule has 0 aliphatic heterocycles. The molecule has 52 heavy (non-hydrogen) atoms. The van der Waals surface area contributed by atoms with Gasteiger partial charge < -0.3 is 4.42 Å². The van der Waals surface area contributed by atoms with E-state index in [0.29, 0.717) is 0 Å². The highest BCUT2D eigenvalue weighted by molar-refractivity contribution is 6.24. The van der Waals surface area contributed by atoms with E-state index in [1.54, 1.807) is 0 Å². The predicted molar refractivity (Wildman–Crippen MR) is 220 cm³/mol. The lowest BCUT2D eigenvalue weighted by Gasteiger charge is -2.23. The zero-order valence-electron chi connectivity index (χ0n) is 29.1. The molecule has 0 spiro atoms. The Hall–Kier alpha value is -6.44. The SMILES string of the molecule is CC1(C)c2ccc(-c3cccc(-c4c5ccccc5c(-c5ccccc5)c5ccccc45)c3)cc2-c2c1c1c3ccccc3oc1c1ccccc21. The van der Waals surface area contributed by atoms with Gasteiger partial charge in [0.15, 0.2) is 0 Å². The topological polar surface area (TPSA) is 13.1 Å². The molecule has 1 heteroatoms. The van der Waals surface area contributed by atoms with Gasteiger partial charge in [-0.1, -0.05) is 166 Å². The minimum Gasteiger partial charge on any atom is -0.455 e. The molecule has 0 amide bonds. The van der Waals surface area contributed by atoms with Crippen LogP contribution in [-0.4, -0.2) is 0 Å². The van der Waals surface area contributed by atoms with Crippen molar-refractivity contribution in [2.24, 2.45) is 0 Å². The van der Waals surface area contributed by atoms with Crippen molar-refractivity contribution in [3.8, 4) is 44.5 Å². The lowest BCUT2D eigenvalue weighted by molar-refractivity contribution is 0.659. The number of benzene rings is 9. The Morgan fingerprint density at radius 1 is 0.385 bits per heavy atom. The minimum absolute atomic E-state index is 0.196. The predicted octanol–water partition coefficient (Wildman–Crippen LogP) is 14.4. The van der Waals surface area contributed by atoms with E-state index < -0.39 is 0 Å². The van der Waals surface area contributed by atoms with Crippen LogP contribution in [0.15, 0.2) is 174 Å². The third-order valence-electron chi connectivity index (χ3n) is 11.6. The van der Waals surface area contributed by atoms with Gasteiger partial charge in [0.1, 0.15) is 11.2 Å². The summed E-state index contributed by atoms with van der Waals surface area (Å²) in [6, 6.07) is 62.2. The summed E-state index contributed by atoms with van der Waals surface area (Å²) < 4.78 is 6.62. The van der Waals surface area contributed by atoms with Crippen LogP contribution in [0.3, 0.4) is 0 Å². The van der Waals surface area contributed by atoms with E-state index in [4.69, 9.17) is 4.42 Å². The molecule has 11 rings (SSSR count). The number of rotatable bonds is 3. The standard InChI is InChI=1S/C51H34O/c1-51(2)43-28-27-33(30-42(43)47-39-23-10-11-24-40(39)50-48(49(47)51)41-25-12-13-26-44(41)52-50)32-17-14-18-34(29-32)46-37-21-8-6-19-35(37)45(31-15-4-3-5-16-31)36-20-7-9-22-38(36)46/h3-30H,1-2H3. The maximum atomic E-state index is 6.62. The van der Waals surface area contributed by atoms with E-state index in [9.17, 15) is 0 Å². The van der Waals surface area contributed by atoms with Crippen molar-refractivity contribution in [3.63, 3.8) is 0 Å². The van der Waals surface area contributed by atoms with Crippen molar-refractivity contribution in [2.75, 3.05) is 0 Å². The molecule has 1 heterocycles. The highest BCUT2D eigenvalue weighted by Gasteiger charge is 2.40. The fourth-order valence-corrected chi connectivity index (χ4v) is 9.37. The molecule has 1 aliphatic rings. The molecule has 0 bridgehead atoms. The smallest absolute Gasteiger partial charge is 0.143 e. The van der Waals surface area contributed by atoms with E-state index in [1.165, 1.54) is 98.7 Å². The van der Waals surface area contributed by atoms with Crippen molar-refractivity contribution < 1.29 is 4.42 Å². The summed E-state index contributed by atoms with van der Waals surface area (Å²) in [4.78, 5) is 0. The Balaban J connectivity index is 1.15. The Labute approximate surface area is 302 Å². The number of hydrogen-bond acceptors (Lipinski definition) is 1. The first-order chi connectivity index (χ1) is 25.6. The lowest BCUT2D eigenvalue weighted by Crippen LogP contribution is -2.15. The first kappa shape index (κ1) is 29.3.